The Hall–Kier alpha value is -1.35. The van der Waals surface area contributed by atoms with Crippen LogP contribution in [0.15, 0.2) is 24.3 Å². The van der Waals surface area contributed by atoms with Gasteiger partial charge in [-0.25, -0.2) is 0 Å². The van der Waals surface area contributed by atoms with Crippen molar-refractivity contribution in [3.63, 3.8) is 0 Å². The number of nitrogens with one attached hydrogen (secondary N) is 1. The summed E-state index contributed by atoms with van der Waals surface area (Å²) < 4.78 is 0.794. The van der Waals surface area contributed by atoms with Crippen LogP contribution in [0.4, 0.5) is 0 Å². The van der Waals surface area contributed by atoms with Gasteiger partial charge in [0.15, 0.2) is 12.2 Å². The summed E-state index contributed by atoms with van der Waals surface area (Å²) in [5, 5.41) is 3.16. The molecule has 1 fully saturated rings. The van der Waals surface area contributed by atoms with Crippen LogP contribution < -0.4 is 5.32 Å². The van der Waals surface area contributed by atoms with Gasteiger partial charge in [0.1, 0.15) is 0 Å². The molecular formula is C13H17N2O+. The van der Waals surface area contributed by atoms with Crippen molar-refractivity contribution in [2.24, 2.45) is 0 Å². The van der Waals surface area contributed by atoms with Crippen molar-refractivity contribution in [2.75, 3.05) is 20.1 Å². The minimum Gasteiger partial charge on any atom is -0.296 e. The monoisotopic (exact) mass is 217 g/mol. The highest BCUT2D eigenvalue weighted by Crippen LogP contribution is 2.40. The number of amides is 1. The van der Waals surface area contributed by atoms with Crippen LogP contribution in [0, 0.1) is 0 Å². The Morgan fingerprint density at radius 2 is 2.12 bits per heavy atom. The van der Waals surface area contributed by atoms with Crippen molar-refractivity contribution in [3.8, 4) is 0 Å². The molecule has 3 nitrogen and oxygen atoms in total. The Balaban J connectivity index is 2.21. The first-order valence-electron chi connectivity index (χ1n) is 5.79. The summed E-state index contributed by atoms with van der Waals surface area (Å²) in [6, 6.07) is 8.46. The Labute approximate surface area is 95.7 Å². The summed E-state index contributed by atoms with van der Waals surface area (Å²) in [6.07, 6.45) is 1.07. The second kappa shape index (κ2) is 2.86. The van der Waals surface area contributed by atoms with E-state index in [9.17, 15) is 4.79 Å². The van der Waals surface area contributed by atoms with Crippen LogP contribution in [0.5, 0.6) is 0 Å². The summed E-state index contributed by atoms with van der Waals surface area (Å²) in [6.45, 7) is 3.78. The molecule has 84 valence electrons. The number of quaternary nitrogens is 1. The fraction of sp³-hybridized carbons (Fsp3) is 0.462. The highest BCUT2D eigenvalue weighted by molar-refractivity contribution is 5.80. The predicted octanol–water partition coefficient (Wildman–Crippen LogP) is 0.992. The lowest BCUT2D eigenvalue weighted by molar-refractivity contribution is -0.954. The molecule has 0 bridgehead atoms. The number of carbonyl (C=O) groups is 1. The zero-order valence-corrected chi connectivity index (χ0v) is 9.79. The minimum absolute atomic E-state index is 0.168. The molecule has 0 radical (unpaired) electrons. The Morgan fingerprint density at radius 1 is 1.38 bits per heavy atom. The maximum atomic E-state index is 11.7. The molecule has 1 saturated heterocycles. The standard InChI is InChI=1S/C13H16N2O/c1-13-11-6-4-3-5-10(11)7-8-15(13,2)9-12(16)14-13/h3-6H,7-9H2,1-2H3/p+1. The second-order valence-electron chi connectivity index (χ2n) is 5.31. The van der Waals surface area contributed by atoms with Crippen molar-refractivity contribution in [1.82, 2.24) is 5.32 Å². The van der Waals surface area contributed by atoms with Gasteiger partial charge in [-0.3, -0.25) is 14.6 Å². The van der Waals surface area contributed by atoms with Gasteiger partial charge in [0.25, 0.3) is 5.91 Å². The molecule has 3 heteroatoms. The van der Waals surface area contributed by atoms with Gasteiger partial charge in [0, 0.05) is 18.9 Å². The number of carbonyl (C=O) groups excluding carboxylic acids is 1. The number of rotatable bonds is 0. The van der Waals surface area contributed by atoms with Crippen molar-refractivity contribution in [2.45, 2.75) is 19.0 Å². The molecule has 16 heavy (non-hydrogen) atoms. The Bertz CT molecular complexity index is 471. The van der Waals surface area contributed by atoms with Crippen LogP contribution in [0.2, 0.25) is 0 Å². The van der Waals surface area contributed by atoms with Gasteiger partial charge in [-0.15, -0.1) is 0 Å². The molecular weight excluding hydrogens is 200 g/mol. The fourth-order valence-corrected chi connectivity index (χ4v) is 3.16. The molecule has 2 aliphatic rings. The van der Waals surface area contributed by atoms with Crippen LogP contribution in [-0.2, 0) is 16.9 Å². The lowest BCUT2D eigenvalue weighted by Gasteiger charge is -2.46. The molecule has 0 spiro atoms. The van der Waals surface area contributed by atoms with Gasteiger partial charge < -0.3 is 0 Å². The van der Waals surface area contributed by atoms with Gasteiger partial charge in [0.2, 0.25) is 0 Å². The minimum atomic E-state index is -0.230. The molecule has 2 aliphatic heterocycles. The fourth-order valence-electron chi connectivity index (χ4n) is 3.16. The molecule has 1 N–H and O–H groups in total. The van der Waals surface area contributed by atoms with Gasteiger partial charge in [-0.2, -0.15) is 0 Å². The maximum absolute atomic E-state index is 11.7. The van der Waals surface area contributed by atoms with Crippen molar-refractivity contribution < 1.29 is 9.28 Å². The first kappa shape index (κ1) is 9.85. The molecule has 1 aromatic rings. The van der Waals surface area contributed by atoms with E-state index in [1.54, 1.807) is 0 Å². The third-order valence-electron chi connectivity index (χ3n) is 4.37. The van der Waals surface area contributed by atoms with Crippen LogP contribution in [-0.4, -0.2) is 30.5 Å². The van der Waals surface area contributed by atoms with E-state index in [0.717, 1.165) is 17.4 Å². The quantitative estimate of drug-likeness (QED) is 0.645. The first-order chi connectivity index (χ1) is 7.55. The number of hydrogen-bond acceptors (Lipinski definition) is 1. The second-order valence-corrected chi connectivity index (χ2v) is 5.31. The first-order valence-corrected chi connectivity index (χ1v) is 5.79. The van der Waals surface area contributed by atoms with E-state index in [0.29, 0.717) is 6.54 Å². The molecule has 1 amide bonds. The van der Waals surface area contributed by atoms with Gasteiger partial charge in [-0.05, 0) is 5.56 Å². The van der Waals surface area contributed by atoms with Crippen molar-refractivity contribution in [1.29, 1.82) is 0 Å². The SMILES string of the molecule is CC12NC(=O)C[N+]1(C)CCc1ccccc12. The number of hydrogen-bond donors (Lipinski definition) is 1. The van der Waals surface area contributed by atoms with E-state index in [1.165, 1.54) is 11.1 Å². The number of nitrogens with zero attached hydrogens (tertiary/aromatic N) is 1. The van der Waals surface area contributed by atoms with E-state index in [-0.39, 0.29) is 11.6 Å². The van der Waals surface area contributed by atoms with Crippen LogP contribution >= 0.6 is 0 Å². The van der Waals surface area contributed by atoms with E-state index in [1.807, 2.05) is 0 Å². The molecule has 1 aromatic carbocycles. The summed E-state index contributed by atoms with van der Waals surface area (Å²) in [7, 11) is 2.17. The number of likely N-dealkylation sites (N-methyl/N-ethyl adjacent to an activating group) is 1. The lowest BCUT2D eigenvalue weighted by Crippen LogP contribution is -2.61. The van der Waals surface area contributed by atoms with Crippen molar-refractivity contribution >= 4 is 5.91 Å². The zero-order valence-electron chi connectivity index (χ0n) is 9.79. The molecule has 2 heterocycles. The average Bonchev–Trinajstić information content (AvgIpc) is 2.49. The summed E-state index contributed by atoms with van der Waals surface area (Å²) >= 11 is 0. The van der Waals surface area contributed by atoms with E-state index >= 15 is 0 Å². The molecule has 3 rings (SSSR count). The van der Waals surface area contributed by atoms with Crippen LogP contribution in [0.3, 0.4) is 0 Å². The van der Waals surface area contributed by atoms with Gasteiger partial charge >= 0.3 is 0 Å². The number of benzene rings is 1. The van der Waals surface area contributed by atoms with E-state index in [2.05, 4.69) is 43.6 Å². The topological polar surface area (TPSA) is 29.1 Å². The highest BCUT2D eigenvalue weighted by atomic mass is 16.2. The smallest absolute Gasteiger partial charge is 0.280 e. The third-order valence-corrected chi connectivity index (χ3v) is 4.37. The normalized spacial score (nSPS) is 36.5. The zero-order chi connectivity index (χ0) is 11.4. The predicted molar refractivity (Wildman–Crippen MR) is 61.6 cm³/mol. The largest absolute Gasteiger partial charge is 0.296 e. The lowest BCUT2D eigenvalue weighted by atomic mass is 9.87. The van der Waals surface area contributed by atoms with Gasteiger partial charge in [0.05, 0.1) is 13.6 Å². The van der Waals surface area contributed by atoms with Crippen molar-refractivity contribution in [3.05, 3.63) is 35.4 Å². The van der Waals surface area contributed by atoms with Gasteiger partial charge in [-0.1, -0.05) is 24.3 Å². The van der Waals surface area contributed by atoms with Crippen LogP contribution in [0.1, 0.15) is 18.1 Å². The summed E-state index contributed by atoms with van der Waals surface area (Å²) in [4.78, 5) is 11.7. The Morgan fingerprint density at radius 3 is 2.94 bits per heavy atom. The average molecular weight is 217 g/mol. The van der Waals surface area contributed by atoms with E-state index < -0.39 is 0 Å². The molecule has 2 atom stereocenters. The van der Waals surface area contributed by atoms with E-state index in [4.69, 9.17) is 0 Å². The number of fused-ring (bicyclic) bond motifs is 3. The Kier molecular flexibility index (Phi) is 1.76. The van der Waals surface area contributed by atoms with Crippen LogP contribution in [0.25, 0.3) is 0 Å². The maximum Gasteiger partial charge on any atom is 0.280 e. The highest BCUT2D eigenvalue weighted by Gasteiger charge is 2.56. The molecule has 2 unspecified atom stereocenters. The molecule has 0 saturated carbocycles. The molecule has 0 aliphatic carbocycles. The molecule has 0 aromatic heterocycles. The third kappa shape index (κ3) is 1.04. The summed E-state index contributed by atoms with van der Waals surface area (Å²) in [5.41, 5.74) is 2.43. The summed E-state index contributed by atoms with van der Waals surface area (Å²) in [5.74, 6) is 0.168.